The molecule has 1 unspecified atom stereocenters. The summed E-state index contributed by atoms with van der Waals surface area (Å²) >= 11 is 0. The minimum Gasteiger partial charge on any atom is -0.358 e. The van der Waals surface area contributed by atoms with Crippen LogP contribution in [0.25, 0.3) is 0 Å². The molecule has 0 saturated carbocycles. The van der Waals surface area contributed by atoms with Crippen LogP contribution < -0.4 is 5.32 Å². The van der Waals surface area contributed by atoms with Crippen LogP contribution in [0.5, 0.6) is 0 Å². The number of rotatable bonds is 5. The first-order valence-electron chi connectivity index (χ1n) is 5.97. The molecular formula is C14H20N2O2. The fourth-order valence-electron chi connectivity index (χ4n) is 1.68. The van der Waals surface area contributed by atoms with Gasteiger partial charge in [0.2, 0.25) is 5.91 Å². The quantitative estimate of drug-likeness (QED) is 0.802. The van der Waals surface area contributed by atoms with Crippen molar-refractivity contribution in [3.63, 3.8) is 0 Å². The summed E-state index contributed by atoms with van der Waals surface area (Å²) in [6.07, 6.45) is 0. The Morgan fingerprint density at radius 3 is 2.28 bits per heavy atom. The lowest BCUT2D eigenvalue weighted by Gasteiger charge is -2.23. The second kappa shape index (κ2) is 6.31. The summed E-state index contributed by atoms with van der Waals surface area (Å²) in [5.74, 6) is 0.0616. The summed E-state index contributed by atoms with van der Waals surface area (Å²) in [5, 5.41) is 2.63. The molecule has 0 saturated heterocycles. The zero-order valence-corrected chi connectivity index (χ0v) is 11.4. The lowest BCUT2D eigenvalue weighted by molar-refractivity contribution is -0.125. The van der Waals surface area contributed by atoms with Crippen LogP contribution in [0.4, 0.5) is 0 Å². The molecule has 0 spiro atoms. The third-order valence-electron chi connectivity index (χ3n) is 3.08. The highest BCUT2D eigenvalue weighted by Crippen LogP contribution is 2.09. The van der Waals surface area contributed by atoms with E-state index in [0.717, 1.165) is 5.56 Å². The van der Waals surface area contributed by atoms with Gasteiger partial charge in [-0.15, -0.1) is 0 Å². The molecule has 0 aliphatic heterocycles. The Morgan fingerprint density at radius 1 is 1.28 bits per heavy atom. The van der Waals surface area contributed by atoms with Crippen LogP contribution in [0.15, 0.2) is 24.3 Å². The summed E-state index contributed by atoms with van der Waals surface area (Å²) in [6, 6.07) is 7.29. The van der Waals surface area contributed by atoms with Gasteiger partial charge in [-0.3, -0.25) is 14.5 Å². The standard InChI is InChI=1S/C14H20N2O2/c1-10(14(18)15-3)16(4)9-12-5-7-13(8-6-12)11(2)17/h5-8,10H,9H2,1-4H3,(H,15,18). The number of Topliss-reactive ketones (excluding diaryl/α,β-unsaturated/α-hetero) is 1. The van der Waals surface area contributed by atoms with E-state index in [1.807, 2.05) is 43.1 Å². The van der Waals surface area contributed by atoms with Crippen LogP contribution in [-0.2, 0) is 11.3 Å². The van der Waals surface area contributed by atoms with Gasteiger partial charge < -0.3 is 5.32 Å². The van der Waals surface area contributed by atoms with Crippen LogP contribution in [0.3, 0.4) is 0 Å². The van der Waals surface area contributed by atoms with E-state index in [0.29, 0.717) is 12.1 Å². The number of benzene rings is 1. The fraction of sp³-hybridized carbons (Fsp3) is 0.429. The largest absolute Gasteiger partial charge is 0.358 e. The summed E-state index contributed by atoms with van der Waals surface area (Å²) in [5.41, 5.74) is 1.79. The highest BCUT2D eigenvalue weighted by Gasteiger charge is 2.16. The van der Waals surface area contributed by atoms with Crippen LogP contribution in [0.1, 0.15) is 29.8 Å². The Labute approximate surface area is 108 Å². The van der Waals surface area contributed by atoms with Crippen molar-refractivity contribution in [1.29, 1.82) is 0 Å². The van der Waals surface area contributed by atoms with Crippen molar-refractivity contribution in [1.82, 2.24) is 10.2 Å². The molecule has 18 heavy (non-hydrogen) atoms. The topological polar surface area (TPSA) is 49.4 Å². The molecule has 4 heteroatoms. The van der Waals surface area contributed by atoms with Crippen molar-refractivity contribution in [3.05, 3.63) is 35.4 Å². The summed E-state index contributed by atoms with van der Waals surface area (Å²) in [4.78, 5) is 24.6. The number of carbonyl (C=O) groups is 2. The number of ketones is 1. The Hall–Kier alpha value is -1.68. The molecule has 0 heterocycles. The van der Waals surface area contributed by atoms with Crippen molar-refractivity contribution in [2.75, 3.05) is 14.1 Å². The lowest BCUT2D eigenvalue weighted by Crippen LogP contribution is -2.41. The third kappa shape index (κ3) is 3.67. The molecule has 0 aliphatic rings. The Morgan fingerprint density at radius 2 is 1.83 bits per heavy atom. The Balaban J connectivity index is 2.67. The molecule has 0 aliphatic carbocycles. The molecule has 0 radical (unpaired) electrons. The van der Waals surface area contributed by atoms with Gasteiger partial charge in [0.25, 0.3) is 0 Å². The molecule has 0 fully saturated rings. The molecule has 1 aromatic carbocycles. The molecular weight excluding hydrogens is 228 g/mol. The minimum absolute atomic E-state index is 0.00199. The van der Waals surface area contributed by atoms with Crippen molar-refractivity contribution < 1.29 is 9.59 Å². The summed E-state index contributed by atoms with van der Waals surface area (Å²) in [7, 11) is 3.53. The highest BCUT2D eigenvalue weighted by atomic mass is 16.2. The zero-order chi connectivity index (χ0) is 13.7. The van der Waals surface area contributed by atoms with E-state index in [4.69, 9.17) is 0 Å². The maximum atomic E-state index is 11.5. The van der Waals surface area contributed by atoms with E-state index < -0.39 is 0 Å². The second-order valence-corrected chi connectivity index (χ2v) is 4.46. The Bertz CT molecular complexity index is 426. The SMILES string of the molecule is CNC(=O)C(C)N(C)Cc1ccc(C(C)=O)cc1. The first-order valence-corrected chi connectivity index (χ1v) is 5.97. The van der Waals surface area contributed by atoms with E-state index in [9.17, 15) is 9.59 Å². The molecule has 0 bridgehead atoms. The molecule has 1 amide bonds. The highest BCUT2D eigenvalue weighted by molar-refractivity contribution is 5.94. The molecule has 1 atom stereocenters. The number of carbonyl (C=O) groups excluding carboxylic acids is 2. The van der Waals surface area contributed by atoms with Gasteiger partial charge in [-0.05, 0) is 26.5 Å². The average molecular weight is 248 g/mol. The first-order chi connectivity index (χ1) is 8.45. The van der Waals surface area contributed by atoms with E-state index in [2.05, 4.69) is 5.32 Å². The van der Waals surface area contributed by atoms with E-state index in [1.165, 1.54) is 0 Å². The molecule has 4 nitrogen and oxygen atoms in total. The number of nitrogens with zero attached hydrogens (tertiary/aromatic N) is 1. The third-order valence-corrected chi connectivity index (χ3v) is 3.08. The zero-order valence-electron chi connectivity index (χ0n) is 11.4. The smallest absolute Gasteiger partial charge is 0.236 e. The van der Waals surface area contributed by atoms with Gasteiger partial charge in [-0.1, -0.05) is 24.3 Å². The maximum Gasteiger partial charge on any atom is 0.236 e. The summed E-state index contributed by atoms with van der Waals surface area (Å²) in [6.45, 7) is 4.09. The van der Waals surface area contributed by atoms with Gasteiger partial charge in [0, 0.05) is 19.2 Å². The van der Waals surface area contributed by atoms with Gasteiger partial charge in [-0.25, -0.2) is 0 Å². The van der Waals surface area contributed by atoms with E-state index in [-0.39, 0.29) is 17.7 Å². The molecule has 1 N–H and O–H groups in total. The van der Waals surface area contributed by atoms with Crippen LogP contribution >= 0.6 is 0 Å². The average Bonchev–Trinajstić information content (AvgIpc) is 2.37. The normalized spacial score (nSPS) is 12.3. The van der Waals surface area contributed by atoms with E-state index in [1.54, 1.807) is 14.0 Å². The van der Waals surface area contributed by atoms with E-state index >= 15 is 0 Å². The number of hydrogen-bond acceptors (Lipinski definition) is 3. The van der Waals surface area contributed by atoms with Crippen molar-refractivity contribution in [2.24, 2.45) is 0 Å². The van der Waals surface area contributed by atoms with Gasteiger partial charge in [0.15, 0.2) is 5.78 Å². The molecule has 1 rings (SSSR count). The van der Waals surface area contributed by atoms with Gasteiger partial charge in [0.1, 0.15) is 0 Å². The molecule has 98 valence electrons. The number of likely N-dealkylation sites (N-methyl/N-ethyl adjacent to an activating group) is 2. The molecule has 1 aromatic rings. The van der Waals surface area contributed by atoms with Crippen LogP contribution in [0.2, 0.25) is 0 Å². The van der Waals surface area contributed by atoms with Crippen LogP contribution in [-0.4, -0.2) is 36.7 Å². The van der Waals surface area contributed by atoms with Gasteiger partial charge >= 0.3 is 0 Å². The van der Waals surface area contributed by atoms with Gasteiger partial charge in [-0.2, -0.15) is 0 Å². The lowest BCUT2D eigenvalue weighted by atomic mass is 10.1. The van der Waals surface area contributed by atoms with Crippen molar-refractivity contribution >= 4 is 11.7 Å². The predicted molar refractivity (Wildman–Crippen MR) is 71.4 cm³/mol. The Kier molecular flexibility index (Phi) is 5.04. The predicted octanol–water partition coefficient (Wildman–Crippen LogP) is 1.46. The first kappa shape index (κ1) is 14.4. The summed E-state index contributed by atoms with van der Waals surface area (Å²) < 4.78 is 0. The molecule has 0 aromatic heterocycles. The monoisotopic (exact) mass is 248 g/mol. The van der Waals surface area contributed by atoms with Crippen molar-refractivity contribution in [3.8, 4) is 0 Å². The second-order valence-electron chi connectivity index (χ2n) is 4.46. The maximum absolute atomic E-state index is 11.5. The number of amides is 1. The fourth-order valence-corrected chi connectivity index (χ4v) is 1.68. The van der Waals surface area contributed by atoms with Crippen molar-refractivity contribution in [2.45, 2.75) is 26.4 Å². The number of hydrogen-bond donors (Lipinski definition) is 1. The number of nitrogens with one attached hydrogen (secondary N) is 1. The van der Waals surface area contributed by atoms with Crippen LogP contribution in [0, 0.1) is 0 Å². The minimum atomic E-state index is -0.178. The van der Waals surface area contributed by atoms with Gasteiger partial charge in [0.05, 0.1) is 6.04 Å².